The van der Waals surface area contributed by atoms with Gasteiger partial charge >= 0.3 is 0 Å². The molecule has 0 aliphatic carbocycles. The van der Waals surface area contributed by atoms with Crippen molar-refractivity contribution in [2.75, 3.05) is 19.5 Å². The van der Waals surface area contributed by atoms with Crippen LogP contribution in [0.25, 0.3) is 11.4 Å². The lowest BCUT2D eigenvalue weighted by Crippen LogP contribution is -2.11. The van der Waals surface area contributed by atoms with E-state index in [1.54, 1.807) is 36.5 Å². The number of hydrogen-bond donors (Lipinski definition) is 1. The van der Waals surface area contributed by atoms with E-state index in [9.17, 15) is 4.79 Å². The maximum atomic E-state index is 12.4. The van der Waals surface area contributed by atoms with Crippen molar-refractivity contribution >= 4 is 11.8 Å². The van der Waals surface area contributed by atoms with E-state index in [1.165, 1.54) is 14.2 Å². The second-order valence-electron chi connectivity index (χ2n) is 4.85. The summed E-state index contributed by atoms with van der Waals surface area (Å²) in [6.07, 6.45) is 1.66. The molecule has 0 bridgehead atoms. The first-order valence-corrected chi connectivity index (χ1v) is 7.12. The van der Waals surface area contributed by atoms with E-state index in [-0.39, 0.29) is 11.8 Å². The van der Waals surface area contributed by atoms with E-state index in [4.69, 9.17) is 14.0 Å². The van der Waals surface area contributed by atoms with Gasteiger partial charge in [0.2, 0.25) is 5.88 Å². The summed E-state index contributed by atoms with van der Waals surface area (Å²) in [5, 5.41) is 6.54. The molecule has 0 atom stereocenters. The molecular weight excluding hydrogens is 310 g/mol. The van der Waals surface area contributed by atoms with Crippen LogP contribution in [0.1, 0.15) is 10.4 Å². The fraction of sp³-hybridized carbons (Fsp3) is 0.118. The van der Waals surface area contributed by atoms with Crippen LogP contribution in [0, 0.1) is 0 Å². The zero-order chi connectivity index (χ0) is 16.9. The van der Waals surface area contributed by atoms with E-state index in [2.05, 4.69) is 15.5 Å². The predicted octanol–water partition coefficient (Wildman–Crippen LogP) is 3.01. The summed E-state index contributed by atoms with van der Waals surface area (Å²) in [4.78, 5) is 16.5. The zero-order valence-corrected chi connectivity index (χ0v) is 13.1. The monoisotopic (exact) mass is 325 g/mol. The molecule has 122 valence electrons. The molecule has 24 heavy (non-hydrogen) atoms. The number of ether oxygens (including phenoxy) is 2. The number of methoxy groups -OCH3 is 2. The Hall–Kier alpha value is -3.35. The summed E-state index contributed by atoms with van der Waals surface area (Å²) in [6, 6.07) is 12.0. The van der Waals surface area contributed by atoms with Crippen LogP contribution in [0.4, 0.5) is 5.88 Å². The van der Waals surface area contributed by atoms with Gasteiger partial charge in [-0.25, -0.2) is 0 Å². The van der Waals surface area contributed by atoms with Crippen LogP contribution in [-0.2, 0) is 0 Å². The molecule has 3 rings (SSSR count). The number of nitrogens with one attached hydrogen (secondary N) is 1. The number of rotatable bonds is 5. The molecule has 0 radical (unpaired) electrons. The lowest BCUT2D eigenvalue weighted by Gasteiger charge is -2.07. The Balaban J connectivity index is 1.79. The lowest BCUT2D eigenvalue weighted by atomic mass is 10.2. The highest BCUT2D eigenvalue weighted by atomic mass is 16.5. The van der Waals surface area contributed by atoms with Gasteiger partial charge in [0.25, 0.3) is 5.91 Å². The van der Waals surface area contributed by atoms with Gasteiger partial charge in [-0.2, -0.15) is 0 Å². The molecule has 0 aliphatic rings. The van der Waals surface area contributed by atoms with Crippen molar-refractivity contribution in [3.05, 3.63) is 54.2 Å². The predicted molar refractivity (Wildman–Crippen MR) is 87.2 cm³/mol. The molecule has 0 saturated heterocycles. The van der Waals surface area contributed by atoms with Crippen LogP contribution in [0.3, 0.4) is 0 Å². The topological polar surface area (TPSA) is 86.5 Å². The third kappa shape index (κ3) is 3.35. The van der Waals surface area contributed by atoms with Gasteiger partial charge in [-0.15, -0.1) is 0 Å². The summed E-state index contributed by atoms with van der Waals surface area (Å²) >= 11 is 0. The summed E-state index contributed by atoms with van der Waals surface area (Å²) < 4.78 is 15.5. The molecule has 3 aromatic rings. The van der Waals surface area contributed by atoms with Crippen molar-refractivity contribution in [1.82, 2.24) is 10.1 Å². The number of amides is 1. The number of carbonyl (C=O) groups is 1. The Kier molecular flexibility index (Phi) is 4.42. The van der Waals surface area contributed by atoms with Crippen LogP contribution in [0.15, 0.2) is 53.2 Å². The maximum Gasteiger partial charge on any atom is 0.258 e. The quantitative estimate of drug-likeness (QED) is 0.776. The second kappa shape index (κ2) is 6.82. The maximum absolute atomic E-state index is 12.4. The molecular formula is C17H15N3O4. The molecule has 2 heterocycles. The van der Waals surface area contributed by atoms with Crippen LogP contribution in [0.2, 0.25) is 0 Å². The molecule has 2 aromatic heterocycles. The first kappa shape index (κ1) is 15.5. The molecule has 1 amide bonds. The van der Waals surface area contributed by atoms with Gasteiger partial charge in [0.1, 0.15) is 17.2 Å². The molecule has 7 heteroatoms. The largest absolute Gasteiger partial charge is 0.497 e. The molecule has 0 fully saturated rings. The van der Waals surface area contributed by atoms with Crippen LogP contribution < -0.4 is 14.8 Å². The molecule has 0 spiro atoms. The SMILES string of the molecule is COc1cc(OC)cc(C(=O)Nc2cc(-c3ccccn3)no2)c1. The van der Waals surface area contributed by atoms with E-state index >= 15 is 0 Å². The Bertz CT molecular complexity index is 824. The van der Waals surface area contributed by atoms with E-state index in [1.807, 2.05) is 12.1 Å². The first-order valence-electron chi connectivity index (χ1n) is 7.12. The van der Waals surface area contributed by atoms with Crippen LogP contribution in [-0.4, -0.2) is 30.3 Å². The highest BCUT2D eigenvalue weighted by Gasteiger charge is 2.14. The molecule has 1 N–H and O–H groups in total. The normalized spacial score (nSPS) is 10.2. The van der Waals surface area contributed by atoms with Gasteiger partial charge in [-0.05, 0) is 24.3 Å². The standard InChI is InChI=1S/C17H15N3O4/c1-22-12-7-11(8-13(9-12)23-2)17(21)19-16-10-15(20-24-16)14-5-3-4-6-18-14/h3-10H,1-2H3,(H,19,21). The van der Waals surface area contributed by atoms with Crippen molar-refractivity contribution in [2.45, 2.75) is 0 Å². The van der Waals surface area contributed by atoms with Gasteiger partial charge in [0, 0.05) is 23.9 Å². The molecule has 0 aliphatic heterocycles. The minimum absolute atomic E-state index is 0.224. The summed E-state index contributed by atoms with van der Waals surface area (Å²) in [7, 11) is 3.04. The molecule has 0 saturated carbocycles. The fourth-order valence-electron chi connectivity index (χ4n) is 2.09. The van der Waals surface area contributed by atoms with Gasteiger partial charge in [0.15, 0.2) is 0 Å². The molecule has 0 unspecified atom stereocenters. The fourth-order valence-corrected chi connectivity index (χ4v) is 2.09. The van der Waals surface area contributed by atoms with Crippen molar-refractivity contribution < 1.29 is 18.8 Å². The number of anilines is 1. The highest BCUT2D eigenvalue weighted by Crippen LogP contribution is 2.24. The number of aromatic nitrogens is 2. The van der Waals surface area contributed by atoms with Crippen LogP contribution in [0.5, 0.6) is 11.5 Å². The van der Waals surface area contributed by atoms with E-state index in [0.717, 1.165) is 0 Å². The molecule has 1 aromatic carbocycles. The smallest absolute Gasteiger partial charge is 0.258 e. The lowest BCUT2D eigenvalue weighted by molar-refractivity contribution is 0.102. The van der Waals surface area contributed by atoms with E-state index < -0.39 is 0 Å². The second-order valence-corrected chi connectivity index (χ2v) is 4.85. The average Bonchev–Trinajstić information content (AvgIpc) is 3.10. The third-order valence-electron chi connectivity index (χ3n) is 3.29. The van der Waals surface area contributed by atoms with Gasteiger partial charge < -0.3 is 14.0 Å². The zero-order valence-electron chi connectivity index (χ0n) is 13.1. The minimum atomic E-state index is -0.365. The number of hydrogen-bond acceptors (Lipinski definition) is 6. The Morgan fingerprint density at radius 2 is 1.79 bits per heavy atom. The number of pyridine rings is 1. The van der Waals surface area contributed by atoms with Crippen molar-refractivity contribution in [3.8, 4) is 22.9 Å². The van der Waals surface area contributed by atoms with Gasteiger partial charge in [-0.1, -0.05) is 11.2 Å². The summed E-state index contributed by atoms with van der Waals surface area (Å²) in [5.41, 5.74) is 1.57. The average molecular weight is 325 g/mol. The third-order valence-corrected chi connectivity index (χ3v) is 3.29. The highest BCUT2D eigenvalue weighted by molar-refractivity contribution is 6.04. The Morgan fingerprint density at radius 3 is 2.42 bits per heavy atom. The number of nitrogens with zero attached hydrogens (tertiary/aromatic N) is 2. The van der Waals surface area contributed by atoms with Crippen molar-refractivity contribution in [1.29, 1.82) is 0 Å². The number of carbonyl (C=O) groups excluding carboxylic acids is 1. The van der Waals surface area contributed by atoms with Gasteiger partial charge in [-0.3, -0.25) is 15.1 Å². The summed E-state index contributed by atoms with van der Waals surface area (Å²) in [5.74, 6) is 0.899. The van der Waals surface area contributed by atoms with Crippen molar-refractivity contribution in [3.63, 3.8) is 0 Å². The minimum Gasteiger partial charge on any atom is -0.497 e. The summed E-state index contributed by atoms with van der Waals surface area (Å²) in [6.45, 7) is 0. The van der Waals surface area contributed by atoms with Gasteiger partial charge in [0.05, 0.1) is 19.9 Å². The molecule has 7 nitrogen and oxygen atoms in total. The van der Waals surface area contributed by atoms with Crippen molar-refractivity contribution in [2.24, 2.45) is 0 Å². The first-order chi connectivity index (χ1) is 11.7. The Labute approximate surface area is 138 Å². The Morgan fingerprint density at radius 1 is 1.04 bits per heavy atom. The number of benzene rings is 1. The van der Waals surface area contributed by atoms with Crippen LogP contribution >= 0.6 is 0 Å². The van der Waals surface area contributed by atoms with E-state index in [0.29, 0.717) is 28.5 Å².